The predicted octanol–water partition coefficient (Wildman–Crippen LogP) is 4.04. The molecule has 0 unspecified atom stereocenters. The van der Waals surface area contributed by atoms with Gasteiger partial charge < -0.3 is 10.5 Å². The van der Waals surface area contributed by atoms with Gasteiger partial charge in [0.05, 0.1) is 4.92 Å². The zero-order chi connectivity index (χ0) is 14.0. The number of hydrogen-bond acceptors (Lipinski definition) is 4. The number of nitrogen functional groups attached to an aromatic ring is 1. The molecule has 0 amide bonds. The minimum atomic E-state index is -0.479. The molecule has 0 bridgehead atoms. The number of benzene rings is 2. The van der Waals surface area contributed by atoms with Crippen molar-refractivity contribution in [2.24, 2.45) is 0 Å². The molecule has 0 aliphatic rings. The lowest BCUT2D eigenvalue weighted by Crippen LogP contribution is -1.95. The third-order valence-electron chi connectivity index (χ3n) is 2.54. The van der Waals surface area contributed by atoms with E-state index >= 15 is 0 Å². The van der Waals surface area contributed by atoms with Gasteiger partial charge in [-0.15, -0.1) is 0 Å². The van der Waals surface area contributed by atoms with Crippen molar-refractivity contribution < 1.29 is 9.66 Å². The topological polar surface area (TPSA) is 78.4 Å². The van der Waals surface area contributed by atoms with Gasteiger partial charge in [0, 0.05) is 16.2 Å². The molecule has 0 aliphatic carbocycles. The molecule has 0 heterocycles. The molecule has 0 aliphatic heterocycles. The lowest BCUT2D eigenvalue weighted by molar-refractivity contribution is -0.385. The molecule has 2 aromatic carbocycles. The van der Waals surface area contributed by atoms with E-state index in [1.165, 1.54) is 6.07 Å². The standard InChI is InChI=1S/C13H11BrN2O3/c1-8-6-10(15)3-5-12(8)19-13-4-2-9(14)7-11(13)16(17)18/h2-7H,15H2,1H3. The molecule has 0 fully saturated rings. The summed E-state index contributed by atoms with van der Waals surface area (Å²) in [5.74, 6) is 0.737. The maximum atomic E-state index is 11.0. The number of ether oxygens (including phenoxy) is 1. The summed E-state index contributed by atoms with van der Waals surface area (Å²) in [5.41, 5.74) is 6.99. The molecule has 2 N–H and O–H groups in total. The van der Waals surface area contributed by atoms with Crippen LogP contribution in [0, 0.1) is 17.0 Å². The van der Waals surface area contributed by atoms with Crippen molar-refractivity contribution in [1.82, 2.24) is 0 Å². The van der Waals surface area contributed by atoms with Crippen LogP contribution in [0.2, 0.25) is 0 Å². The molecule has 2 rings (SSSR count). The summed E-state index contributed by atoms with van der Waals surface area (Å²) in [6.07, 6.45) is 0. The van der Waals surface area contributed by atoms with Crippen LogP contribution in [-0.2, 0) is 0 Å². The van der Waals surface area contributed by atoms with Gasteiger partial charge >= 0.3 is 5.69 Å². The highest BCUT2D eigenvalue weighted by molar-refractivity contribution is 9.10. The molecule has 0 aromatic heterocycles. The summed E-state index contributed by atoms with van der Waals surface area (Å²) in [7, 11) is 0. The summed E-state index contributed by atoms with van der Waals surface area (Å²) in [4.78, 5) is 10.5. The largest absolute Gasteiger partial charge is 0.450 e. The van der Waals surface area contributed by atoms with Crippen LogP contribution in [-0.4, -0.2) is 4.92 Å². The number of nitro benzene ring substituents is 1. The number of nitrogens with two attached hydrogens (primary N) is 1. The van der Waals surface area contributed by atoms with E-state index in [0.717, 1.165) is 5.56 Å². The Hall–Kier alpha value is -2.08. The predicted molar refractivity (Wildman–Crippen MR) is 76.5 cm³/mol. The Balaban J connectivity index is 2.40. The van der Waals surface area contributed by atoms with Crippen LogP contribution in [0.5, 0.6) is 11.5 Å². The average molecular weight is 323 g/mol. The summed E-state index contributed by atoms with van der Waals surface area (Å²) in [6, 6.07) is 9.78. The van der Waals surface area contributed by atoms with Crippen LogP contribution in [0.15, 0.2) is 40.9 Å². The van der Waals surface area contributed by atoms with Crippen LogP contribution in [0.3, 0.4) is 0 Å². The van der Waals surface area contributed by atoms with Crippen LogP contribution in [0.25, 0.3) is 0 Å². The molecule has 2 aromatic rings. The first-order valence-electron chi connectivity index (χ1n) is 5.45. The second-order valence-corrected chi connectivity index (χ2v) is 4.91. The van der Waals surface area contributed by atoms with E-state index in [1.54, 1.807) is 30.3 Å². The Morgan fingerprint density at radius 2 is 1.89 bits per heavy atom. The van der Waals surface area contributed by atoms with Gasteiger partial charge in [0.25, 0.3) is 0 Å². The van der Waals surface area contributed by atoms with Gasteiger partial charge in [0.2, 0.25) is 5.75 Å². The van der Waals surface area contributed by atoms with Crippen LogP contribution in [0.1, 0.15) is 5.56 Å². The van der Waals surface area contributed by atoms with Crippen molar-refractivity contribution in [1.29, 1.82) is 0 Å². The number of nitrogens with zero attached hydrogens (tertiary/aromatic N) is 1. The van der Waals surface area contributed by atoms with E-state index in [9.17, 15) is 10.1 Å². The van der Waals surface area contributed by atoms with Crippen molar-refractivity contribution in [3.8, 4) is 11.5 Å². The normalized spacial score (nSPS) is 10.2. The number of aryl methyl sites for hydroxylation is 1. The lowest BCUT2D eigenvalue weighted by atomic mass is 10.2. The van der Waals surface area contributed by atoms with Crippen molar-refractivity contribution >= 4 is 27.3 Å². The van der Waals surface area contributed by atoms with Gasteiger partial charge in [0.1, 0.15) is 5.75 Å². The maximum Gasteiger partial charge on any atom is 0.312 e. The van der Waals surface area contributed by atoms with Gasteiger partial charge in [-0.25, -0.2) is 0 Å². The lowest BCUT2D eigenvalue weighted by Gasteiger charge is -2.09. The SMILES string of the molecule is Cc1cc(N)ccc1Oc1ccc(Br)cc1[N+](=O)[O-]. The minimum Gasteiger partial charge on any atom is -0.450 e. The molecule has 5 nitrogen and oxygen atoms in total. The van der Waals surface area contributed by atoms with E-state index < -0.39 is 4.92 Å². The maximum absolute atomic E-state index is 11.0. The fourth-order valence-electron chi connectivity index (χ4n) is 1.63. The van der Waals surface area contributed by atoms with Crippen LogP contribution < -0.4 is 10.5 Å². The summed E-state index contributed by atoms with van der Waals surface area (Å²) in [5, 5.41) is 11.0. The van der Waals surface area contributed by atoms with Gasteiger partial charge in [0.15, 0.2) is 0 Å². The highest BCUT2D eigenvalue weighted by atomic mass is 79.9. The third kappa shape index (κ3) is 3.03. The molecule has 19 heavy (non-hydrogen) atoms. The highest BCUT2D eigenvalue weighted by Crippen LogP contribution is 2.35. The number of rotatable bonds is 3. The number of nitro groups is 1. The van der Waals surface area contributed by atoms with E-state index in [1.807, 2.05) is 6.92 Å². The van der Waals surface area contributed by atoms with Crippen molar-refractivity contribution in [3.05, 3.63) is 56.5 Å². The molecule has 0 saturated carbocycles. The van der Waals surface area contributed by atoms with E-state index in [-0.39, 0.29) is 11.4 Å². The van der Waals surface area contributed by atoms with E-state index in [2.05, 4.69) is 15.9 Å². The Labute approximate surface area is 118 Å². The molecular weight excluding hydrogens is 312 g/mol. The van der Waals surface area contributed by atoms with Crippen LogP contribution >= 0.6 is 15.9 Å². The third-order valence-corrected chi connectivity index (χ3v) is 3.03. The van der Waals surface area contributed by atoms with Gasteiger partial charge in [-0.2, -0.15) is 0 Å². The number of hydrogen-bond donors (Lipinski definition) is 1. The monoisotopic (exact) mass is 322 g/mol. The highest BCUT2D eigenvalue weighted by Gasteiger charge is 2.16. The summed E-state index contributed by atoms with van der Waals surface area (Å²) < 4.78 is 6.22. The quantitative estimate of drug-likeness (QED) is 0.525. The second-order valence-electron chi connectivity index (χ2n) is 4.00. The van der Waals surface area contributed by atoms with E-state index in [0.29, 0.717) is 15.9 Å². The van der Waals surface area contributed by atoms with E-state index in [4.69, 9.17) is 10.5 Å². The van der Waals surface area contributed by atoms with Crippen molar-refractivity contribution in [2.45, 2.75) is 6.92 Å². The molecule has 0 saturated heterocycles. The first-order chi connectivity index (χ1) is 8.97. The fourth-order valence-corrected chi connectivity index (χ4v) is 1.97. The fraction of sp³-hybridized carbons (Fsp3) is 0.0769. The molecule has 0 radical (unpaired) electrons. The average Bonchev–Trinajstić information content (AvgIpc) is 2.34. The Morgan fingerprint density at radius 3 is 2.53 bits per heavy atom. The summed E-state index contributed by atoms with van der Waals surface area (Å²) in [6.45, 7) is 1.83. The van der Waals surface area contributed by atoms with Crippen LogP contribution in [0.4, 0.5) is 11.4 Å². The second kappa shape index (κ2) is 5.27. The number of halogens is 1. The van der Waals surface area contributed by atoms with Crippen molar-refractivity contribution in [2.75, 3.05) is 5.73 Å². The molecule has 0 spiro atoms. The summed E-state index contributed by atoms with van der Waals surface area (Å²) >= 11 is 3.20. The van der Waals surface area contributed by atoms with Crippen molar-refractivity contribution in [3.63, 3.8) is 0 Å². The van der Waals surface area contributed by atoms with Gasteiger partial charge in [-0.1, -0.05) is 15.9 Å². The number of anilines is 1. The smallest absolute Gasteiger partial charge is 0.312 e. The Bertz CT molecular complexity index is 644. The first-order valence-corrected chi connectivity index (χ1v) is 6.24. The zero-order valence-electron chi connectivity index (χ0n) is 10.1. The Morgan fingerprint density at radius 1 is 1.21 bits per heavy atom. The molecule has 98 valence electrons. The molecule has 0 atom stereocenters. The zero-order valence-corrected chi connectivity index (χ0v) is 11.7. The Kier molecular flexibility index (Phi) is 3.71. The van der Waals surface area contributed by atoms with Gasteiger partial charge in [-0.3, -0.25) is 10.1 Å². The first kappa shape index (κ1) is 13.4. The van der Waals surface area contributed by atoms with Gasteiger partial charge in [-0.05, 0) is 42.8 Å². The molecule has 6 heteroatoms. The minimum absolute atomic E-state index is 0.0920. The molecular formula is C13H11BrN2O3.